The van der Waals surface area contributed by atoms with Gasteiger partial charge in [0.05, 0.1) is 30.6 Å². The van der Waals surface area contributed by atoms with Crippen LogP contribution < -0.4 is 4.90 Å². The Morgan fingerprint density at radius 2 is 1.94 bits per heavy atom. The zero-order valence-corrected chi connectivity index (χ0v) is 19.1. The summed E-state index contributed by atoms with van der Waals surface area (Å²) in [5.41, 5.74) is 2.52. The maximum absolute atomic E-state index is 12.7. The number of halogens is 2. The number of hydrogen-bond acceptors (Lipinski definition) is 5. The van der Waals surface area contributed by atoms with E-state index in [0.29, 0.717) is 22.9 Å². The van der Waals surface area contributed by atoms with Crippen molar-refractivity contribution in [3.05, 3.63) is 46.2 Å². The van der Waals surface area contributed by atoms with E-state index in [4.69, 9.17) is 27.9 Å². The lowest BCUT2D eigenvalue weighted by Crippen LogP contribution is -2.44. The van der Waals surface area contributed by atoms with Crippen LogP contribution in [0.2, 0.25) is 10.0 Å². The van der Waals surface area contributed by atoms with Crippen LogP contribution in [0.5, 0.6) is 0 Å². The van der Waals surface area contributed by atoms with Crippen molar-refractivity contribution in [3.8, 4) is 0 Å². The second-order valence-electron chi connectivity index (χ2n) is 8.90. The quantitative estimate of drug-likeness (QED) is 0.697. The number of amides is 1. The Morgan fingerprint density at radius 3 is 2.61 bits per heavy atom. The molecule has 4 heterocycles. The molecule has 166 valence electrons. The number of morpholine rings is 1. The van der Waals surface area contributed by atoms with Crippen molar-refractivity contribution in [2.24, 2.45) is 11.8 Å². The number of fused-ring (bicyclic) bond motifs is 1. The van der Waals surface area contributed by atoms with Crippen LogP contribution in [0.25, 0.3) is 0 Å². The molecule has 3 aliphatic rings. The number of ether oxygens (including phenoxy) is 1. The molecule has 9 heteroatoms. The Kier molecular flexibility index (Phi) is 5.86. The predicted molar refractivity (Wildman–Crippen MR) is 121 cm³/mol. The highest BCUT2D eigenvalue weighted by atomic mass is 35.5. The van der Waals surface area contributed by atoms with Crippen molar-refractivity contribution < 1.29 is 9.53 Å². The summed E-state index contributed by atoms with van der Waals surface area (Å²) in [6.07, 6.45) is 3.07. The zero-order chi connectivity index (χ0) is 21.5. The van der Waals surface area contributed by atoms with E-state index in [2.05, 4.69) is 34.0 Å². The van der Waals surface area contributed by atoms with Crippen LogP contribution in [0.15, 0.2) is 30.6 Å². The number of anilines is 1. The van der Waals surface area contributed by atoms with Crippen LogP contribution in [0.3, 0.4) is 0 Å². The van der Waals surface area contributed by atoms with Gasteiger partial charge in [0.2, 0.25) is 0 Å². The maximum atomic E-state index is 12.7. The number of hydrogen-bond donors (Lipinski definition) is 0. The number of carbonyl (C=O) groups is 1. The van der Waals surface area contributed by atoms with E-state index >= 15 is 0 Å². The summed E-state index contributed by atoms with van der Waals surface area (Å²) in [4.78, 5) is 19.5. The molecule has 3 fully saturated rings. The fourth-order valence-electron chi connectivity index (χ4n) is 5.19. The Balaban J connectivity index is 1.24. The van der Waals surface area contributed by atoms with Gasteiger partial charge in [-0.15, -0.1) is 0 Å². The third kappa shape index (κ3) is 4.29. The molecule has 0 radical (unpaired) electrons. The van der Waals surface area contributed by atoms with Crippen LogP contribution >= 0.6 is 23.2 Å². The minimum atomic E-state index is -0.0888. The van der Waals surface area contributed by atoms with Crippen LogP contribution in [0.1, 0.15) is 12.5 Å². The Labute approximate surface area is 192 Å². The lowest BCUT2D eigenvalue weighted by molar-refractivity contribution is 0.0988. The molecule has 2 aromatic rings. The average molecular weight is 464 g/mol. The molecule has 0 saturated carbocycles. The average Bonchev–Trinajstić information content (AvgIpc) is 3.44. The Morgan fingerprint density at radius 1 is 1.16 bits per heavy atom. The molecule has 3 aliphatic heterocycles. The molecule has 0 N–H and O–H groups in total. The zero-order valence-electron chi connectivity index (χ0n) is 17.6. The summed E-state index contributed by atoms with van der Waals surface area (Å²) < 4.78 is 6.96. The van der Waals surface area contributed by atoms with Crippen LogP contribution in [0.4, 0.5) is 10.5 Å². The van der Waals surface area contributed by atoms with E-state index < -0.39 is 0 Å². The number of aromatic nitrogens is 2. The molecule has 0 spiro atoms. The summed E-state index contributed by atoms with van der Waals surface area (Å²) in [6, 6.07) is 6.47. The van der Waals surface area contributed by atoms with Gasteiger partial charge in [-0.3, -0.25) is 4.90 Å². The van der Waals surface area contributed by atoms with Gasteiger partial charge >= 0.3 is 6.03 Å². The largest absolute Gasteiger partial charge is 0.377 e. The molecule has 3 saturated heterocycles. The molecule has 5 rings (SSSR count). The summed E-state index contributed by atoms with van der Waals surface area (Å²) in [5, 5.41) is 5.30. The number of nitrogens with zero attached hydrogens (tertiary/aromatic N) is 5. The molecule has 31 heavy (non-hydrogen) atoms. The SMILES string of the molecule is CC1COCCN1c1cc(Cl)ccc1CN1CC2CN(C(=O)n3cc(Cl)cn3)CC2C1. The third-order valence-electron chi connectivity index (χ3n) is 6.70. The molecular formula is C22H27Cl2N5O2. The fraction of sp³-hybridized carbons (Fsp3) is 0.545. The smallest absolute Gasteiger partial charge is 0.344 e. The maximum Gasteiger partial charge on any atom is 0.344 e. The van der Waals surface area contributed by atoms with E-state index in [1.165, 1.54) is 22.1 Å². The first-order chi connectivity index (χ1) is 15.0. The van der Waals surface area contributed by atoms with Crippen molar-refractivity contribution in [1.82, 2.24) is 19.6 Å². The summed E-state index contributed by atoms with van der Waals surface area (Å²) >= 11 is 12.3. The highest BCUT2D eigenvalue weighted by Crippen LogP contribution is 2.35. The van der Waals surface area contributed by atoms with Gasteiger partial charge < -0.3 is 14.5 Å². The summed E-state index contributed by atoms with van der Waals surface area (Å²) in [6.45, 7) is 8.99. The van der Waals surface area contributed by atoms with E-state index in [-0.39, 0.29) is 6.03 Å². The van der Waals surface area contributed by atoms with E-state index in [1.54, 1.807) is 6.20 Å². The van der Waals surface area contributed by atoms with Gasteiger partial charge in [-0.25, -0.2) is 4.79 Å². The molecule has 1 amide bonds. The monoisotopic (exact) mass is 463 g/mol. The van der Waals surface area contributed by atoms with Crippen molar-refractivity contribution in [3.63, 3.8) is 0 Å². The molecule has 3 atom stereocenters. The van der Waals surface area contributed by atoms with Gasteiger partial charge in [0.25, 0.3) is 0 Å². The first-order valence-electron chi connectivity index (χ1n) is 10.8. The third-order valence-corrected chi connectivity index (χ3v) is 7.13. The first-order valence-corrected chi connectivity index (χ1v) is 11.6. The summed E-state index contributed by atoms with van der Waals surface area (Å²) in [7, 11) is 0. The van der Waals surface area contributed by atoms with Gasteiger partial charge in [-0.2, -0.15) is 9.78 Å². The van der Waals surface area contributed by atoms with E-state index in [1.807, 2.05) is 11.0 Å². The second kappa shape index (κ2) is 8.62. The minimum absolute atomic E-state index is 0.0888. The van der Waals surface area contributed by atoms with Crippen LogP contribution in [-0.2, 0) is 11.3 Å². The lowest BCUT2D eigenvalue weighted by Gasteiger charge is -2.37. The molecule has 1 aromatic carbocycles. The van der Waals surface area contributed by atoms with Gasteiger partial charge in [0.15, 0.2) is 0 Å². The molecule has 1 aromatic heterocycles. The van der Waals surface area contributed by atoms with Gasteiger partial charge in [0.1, 0.15) is 0 Å². The van der Waals surface area contributed by atoms with Crippen molar-refractivity contribution in [2.45, 2.75) is 19.5 Å². The second-order valence-corrected chi connectivity index (χ2v) is 9.77. The van der Waals surface area contributed by atoms with Gasteiger partial charge in [-0.05, 0) is 36.5 Å². The highest BCUT2D eigenvalue weighted by Gasteiger charge is 2.42. The van der Waals surface area contributed by atoms with Gasteiger partial charge in [-0.1, -0.05) is 29.3 Å². The van der Waals surface area contributed by atoms with Crippen molar-refractivity contribution in [2.75, 3.05) is 50.8 Å². The van der Waals surface area contributed by atoms with E-state index in [9.17, 15) is 4.79 Å². The minimum Gasteiger partial charge on any atom is -0.377 e. The molecule has 7 nitrogen and oxygen atoms in total. The first kappa shape index (κ1) is 21.1. The van der Waals surface area contributed by atoms with E-state index in [0.717, 1.165) is 57.5 Å². The molecular weight excluding hydrogens is 437 g/mol. The Hall–Kier alpha value is -1.80. The number of carbonyl (C=O) groups excluding carboxylic acids is 1. The van der Waals surface area contributed by atoms with Crippen LogP contribution in [-0.4, -0.2) is 77.6 Å². The fourth-order valence-corrected chi connectivity index (χ4v) is 5.49. The van der Waals surface area contributed by atoms with Crippen molar-refractivity contribution >= 4 is 34.9 Å². The number of rotatable bonds is 3. The highest BCUT2D eigenvalue weighted by molar-refractivity contribution is 6.31. The van der Waals surface area contributed by atoms with Crippen LogP contribution in [0, 0.1) is 11.8 Å². The summed E-state index contributed by atoms with van der Waals surface area (Å²) in [5.74, 6) is 0.987. The van der Waals surface area contributed by atoms with Crippen molar-refractivity contribution in [1.29, 1.82) is 0 Å². The number of benzene rings is 1. The predicted octanol–water partition coefficient (Wildman–Crippen LogP) is 3.45. The number of likely N-dealkylation sites (tertiary alicyclic amines) is 2. The molecule has 3 unspecified atom stereocenters. The normalized spacial score (nSPS) is 26.5. The topological polar surface area (TPSA) is 53.8 Å². The lowest BCUT2D eigenvalue weighted by atomic mass is 10.0. The molecule has 0 bridgehead atoms. The Bertz CT molecular complexity index is 953. The van der Waals surface area contributed by atoms with Gasteiger partial charge in [0, 0.05) is 56.0 Å². The standard InChI is InChI=1S/C22H27Cl2N5O2/c1-15-14-31-5-4-28(15)21-6-19(23)3-2-16(21)8-26-9-17-11-27(12-18(17)10-26)22(30)29-13-20(24)7-25-29/h2-3,6-7,13,15,17-18H,4-5,8-12,14H2,1H3. The molecule has 0 aliphatic carbocycles.